The molecule has 0 aliphatic heterocycles. The summed E-state index contributed by atoms with van der Waals surface area (Å²) in [6.07, 6.45) is 0.275. The van der Waals surface area contributed by atoms with Crippen molar-refractivity contribution in [1.29, 1.82) is 0 Å². The maximum Gasteiger partial charge on any atom is 0.309 e. The Morgan fingerprint density at radius 3 is 1.25 bits per heavy atom. The van der Waals surface area contributed by atoms with E-state index >= 15 is 0 Å². The first-order valence-electron chi connectivity index (χ1n) is 8.64. The summed E-state index contributed by atoms with van der Waals surface area (Å²) in [5.41, 5.74) is 12.2. The minimum atomic E-state index is -1.07. The zero-order chi connectivity index (χ0) is 20.5. The summed E-state index contributed by atoms with van der Waals surface area (Å²) in [4.78, 5) is 47.6. The summed E-state index contributed by atoms with van der Waals surface area (Å²) >= 11 is 0. The van der Waals surface area contributed by atoms with Crippen LogP contribution in [0.5, 0.6) is 0 Å². The molecule has 8 nitrogen and oxygen atoms in total. The molecule has 2 atom stereocenters. The average molecular weight is 382 g/mol. The van der Waals surface area contributed by atoms with E-state index in [9.17, 15) is 19.2 Å². The van der Waals surface area contributed by atoms with Gasteiger partial charge in [-0.15, -0.1) is 0 Å². The molecule has 0 saturated carbocycles. The molecule has 146 valence electrons. The van der Waals surface area contributed by atoms with Crippen LogP contribution in [-0.4, -0.2) is 35.7 Å². The highest BCUT2D eigenvalue weighted by Crippen LogP contribution is 2.04. The lowest BCUT2D eigenvalue weighted by Crippen LogP contribution is -2.54. The number of benzene rings is 2. The highest BCUT2D eigenvalue weighted by molar-refractivity contribution is 6.35. The lowest BCUT2D eigenvalue weighted by atomic mass is 10.0. The second-order valence-electron chi connectivity index (χ2n) is 6.24. The molecule has 0 aliphatic carbocycles. The largest absolute Gasteiger partial charge is 0.368 e. The smallest absolute Gasteiger partial charge is 0.309 e. The van der Waals surface area contributed by atoms with Crippen molar-refractivity contribution in [3.63, 3.8) is 0 Å². The minimum Gasteiger partial charge on any atom is -0.368 e. The molecule has 0 radical (unpaired) electrons. The average Bonchev–Trinajstić information content (AvgIpc) is 2.68. The summed E-state index contributed by atoms with van der Waals surface area (Å²) in [6.45, 7) is 0. The summed E-state index contributed by atoms with van der Waals surface area (Å²) in [7, 11) is 0. The first-order valence-corrected chi connectivity index (χ1v) is 8.64. The van der Waals surface area contributed by atoms with Gasteiger partial charge < -0.3 is 22.1 Å². The van der Waals surface area contributed by atoms with Crippen molar-refractivity contribution in [2.24, 2.45) is 11.5 Å². The van der Waals surface area contributed by atoms with Gasteiger partial charge in [0, 0.05) is 12.8 Å². The molecule has 0 aliphatic rings. The van der Waals surface area contributed by atoms with Gasteiger partial charge in [-0.25, -0.2) is 0 Å². The number of rotatable bonds is 8. The van der Waals surface area contributed by atoms with Gasteiger partial charge >= 0.3 is 11.8 Å². The molecular formula is C20H22N4O4. The molecule has 0 heterocycles. The van der Waals surface area contributed by atoms with Gasteiger partial charge in [-0.2, -0.15) is 0 Å². The van der Waals surface area contributed by atoms with Gasteiger partial charge in [-0.05, 0) is 11.1 Å². The van der Waals surface area contributed by atoms with Crippen LogP contribution >= 0.6 is 0 Å². The topological polar surface area (TPSA) is 144 Å². The van der Waals surface area contributed by atoms with Crippen molar-refractivity contribution in [2.75, 3.05) is 0 Å². The van der Waals surface area contributed by atoms with Gasteiger partial charge in [0.25, 0.3) is 0 Å². The van der Waals surface area contributed by atoms with Gasteiger partial charge in [-0.3, -0.25) is 19.2 Å². The third-order valence-electron chi connectivity index (χ3n) is 4.07. The number of nitrogens with one attached hydrogen (secondary N) is 2. The van der Waals surface area contributed by atoms with Crippen molar-refractivity contribution >= 4 is 23.6 Å². The molecule has 0 spiro atoms. The van der Waals surface area contributed by atoms with Crippen LogP contribution < -0.4 is 22.1 Å². The number of hydrogen-bond donors (Lipinski definition) is 4. The fourth-order valence-electron chi connectivity index (χ4n) is 2.59. The van der Waals surface area contributed by atoms with Gasteiger partial charge in [0.05, 0.1) is 0 Å². The van der Waals surface area contributed by atoms with E-state index in [0.29, 0.717) is 0 Å². The normalized spacial score (nSPS) is 12.4. The van der Waals surface area contributed by atoms with E-state index < -0.39 is 35.7 Å². The number of carbonyl (C=O) groups is 4. The van der Waals surface area contributed by atoms with Crippen molar-refractivity contribution in [1.82, 2.24) is 10.6 Å². The second-order valence-corrected chi connectivity index (χ2v) is 6.24. The Bertz CT molecular complexity index is 768. The lowest BCUT2D eigenvalue weighted by Gasteiger charge is -2.18. The number of primary amides is 2. The van der Waals surface area contributed by atoms with E-state index in [1.807, 2.05) is 12.1 Å². The molecule has 0 aromatic heterocycles. The monoisotopic (exact) mass is 382 g/mol. The lowest BCUT2D eigenvalue weighted by molar-refractivity contribution is -0.141. The van der Waals surface area contributed by atoms with Crippen molar-refractivity contribution in [3.8, 4) is 0 Å². The van der Waals surface area contributed by atoms with Crippen LogP contribution in [0.25, 0.3) is 0 Å². The first kappa shape index (κ1) is 20.6. The van der Waals surface area contributed by atoms with E-state index in [1.165, 1.54) is 0 Å². The summed E-state index contributed by atoms with van der Waals surface area (Å²) in [5.74, 6) is -3.69. The summed E-state index contributed by atoms with van der Waals surface area (Å²) in [5, 5.41) is 4.59. The predicted molar refractivity (Wildman–Crippen MR) is 103 cm³/mol. The molecule has 8 heteroatoms. The number of amides is 4. The van der Waals surface area contributed by atoms with Crippen LogP contribution in [0.15, 0.2) is 60.7 Å². The zero-order valence-corrected chi connectivity index (χ0v) is 15.1. The van der Waals surface area contributed by atoms with Crippen LogP contribution in [0.2, 0.25) is 0 Å². The highest BCUT2D eigenvalue weighted by Gasteiger charge is 2.26. The summed E-state index contributed by atoms with van der Waals surface area (Å²) in [6, 6.07) is 15.7. The summed E-state index contributed by atoms with van der Waals surface area (Å²) < 4.78 is 0. The van der Waals surface area contributed by atoms with Crippen molar-refractivity contribution < 1.29 is 19.2 Å². The molecule has 0 unspecified atom stereocenters. The second kappa shape index (κ2) is 9.86. The molecule has 6 N–H and O–H groups in total. The Labute approximate surface area is 162 Å². The number of nitrogens with two attached hydrogens (primary N) is 2. The van der Waals surface area contributed by atoms with E-state index in [2.05, 4.69) is 10.6 Å². The van der Waals surface area contributed by atoms with Crippen LogP contribution in [0.4, 0.5) is 0 Å². The highest BCUT2D eigenvalue weighted by atomic mass is 16.2. The third kappa shape index (κ3) is 6.24. The molecule has 4 amide bonds. The Morgan fingerprint density at radius 2 is 0.964 bits per heavy atom. The number of carbonyl (C=O) groups excluding carboxylic acids is 4. The Hall–Kier alpha value is -3.68. The van der Waals surface area contributed by atoms with Gasteiger partial charge in [0.15, 0.2) is 0 Å². The van der Waals surface area contributed by atoms with Crippen molar-refractivity contribution in [3.05, 3.63) is 71.8 Å². The molecular weight excluding hydrogens is 360 g/mol. The Morgan fingerprint density at radius 1 is 0.643 bits per heavy atom. The molecule has 2 aromatic carbocycles. The molecule has 0 bridgehead atoms. The van der Waals surface area contributed by atoms with Gasteiger partial charge in [0.1, 0.15) is 12.1 Å². The van der Waals surface area contributed by atoms with E-state index in [4.69, 9.17) is 11.5 Å². The van der Waals surface area contributed by atoms with Crippen LogP contribution in [0.1, 0.15) is 11.1 Å². The van der Waals surface area contributed by atoms with E-state index in [-0.39, 0.29) is 12.8 Å². The standard InChI is InChI=1S/C20H22N4O4/c21-17(25)15(11-13-7-3-1-4-8-13)23-19(27)20(28)24-16(18(22)26)12-14-9-5-2-6-10-14/h1-10,15-16H,11-12H2,(H2,21,25)(H2,22,26)(H,23,27)(H,24,28)/t15-,16-/m0/s1. The van der Waals surface area contributed by atoms with Gasteiger partial charge in [0.2, 0.25) is 11.8 Å². The maximum atomic E-state index is 12.2. The molecule has 0 fully saturated rings. The van der Waals surface area contributed by atoms with E-state index in [0.717, 1.165) is 11.1 Å². The molecule has 2 aromatic rings. The van der Waals surface area contributed by atoms with Crippen LogP contribution in [0, 0.1) is 0 Å². The quantitative estimate of drug-likeness (QED) is 0.452. The Kier molecular flexibility index (Phi) is 7.27. The minimum absolute atomic E-state index is 0.137. The van der Waals surface area contributed by atoms with E-state index in [1.54, 1.807) is 48.5 Å². The SMILES string of the molecule is NC(=O)[C@H](Cc1ccccc1)NC(=O)C(=O)N[C@@H](Cc1ccccc1)C(N)=O. The molecule has 0 saturated heterocycles. The maximum absolute atomic E-state index is 12.2. The van der Waals surface area contributed by atoms with Crippen LogP contribution in [0.3, 0.4) is 0 Å². The number of hydrogen-bond acceptors (Lipinski definition) is 4. The van der Waals surface area contributed by atoms with Gasteiger partial charge in [-0.1, -0.05) is 60.7 Å². The molecule has 2 rings (SSSR count). The zero-order valence-electron chi connectivity index (χ0n) is 15.1. The molecule has 28 heavy (non-hydrogen) atoms. The fraction of sp³-hybridized carbons (Fsp3) is 0.200. The predicted octanol–water partition coefficient (Wildman–Crippen LogP) is -0.588. The van der Waals surface area contributed by atoms with Crippen molar-refractivity contribution in [2.45, 2.75) is 24.9 Å². The Balaban J connectivity index is 1.99. The fourth-order valence-corrected chi connectivity index (χ4v) is 2.59. The third-order valence-corrected chi connectivity index (χ3v) is 4.07. The van der Waals surface area contributed by atoms with Crippen LogP contribution in [-0.2, 0) is 32.0 Å². The first-order chi connectivity index (χ1) is 13.4.